The zero-order valence-corrected chi connectivity index (χ0v) is 9.25. The molecule has 78 valence electrons. The summed E-state index contributed by atoms with van der Waals surface area (Å²) in [5.41, 5.74) is 0. The Bertz CT molecular complexity index is 269. The molecule has 1 aromatic rings. The monoisotopic (exact) mass is 193 g/mol. The molecule has 0 radical (unpaired) electrons. The van der Waals surface area contributed by atoms with E-state index in [1.807, 2.05) is 18.2 Å². The van der Waals surface area contributed by atoms with Gasteiger partial charge in [0.2, 0.25) is 0 Å². The molecular formula is C11H19N3. The van der Waals surface area contributed by atoms with Crippen LogP contribution in [0.4, 0.5) is 11.6 Å². The summed E-state index contributed by atoms with van der Waals surface area (Å²) in [6.45, 7) is 9.27. The zero-order chi connectivity index (χ0) is 10.4. The van der Waals surface area contributed by atoms with Crippen molar-refractivity contribution in [1.29, 1.82) is 0 Å². The molecule has 0 saturated heterocycles. The second-order valence-electron chi connectivity index (χ2n) is 3.08. The topological polar surface area (TPSA) is 28.2 Å². The fourth-order valence-corrected chi connectivity index (χ4v) is 1.43. The lowest BCUT2D eigenvalue weighted by Gasteiger charge is -2.20. The molecule has 1 aromatic heterocycles. The van der Waals surface area contributed by atoms with E-state index in [1.165, 1.54) is 0 Å². The van der Waals surface area contributed by atoms with Gasteiger partial charge in [0.05, 0.1) is 0 Å². The predicted molar refractivity (Wildman–Crippen MR) is 62.0 cm³/mol. The van der Waals surface area contributed by atoms with Crippen LogP contribution >= 0.6 is 0 Å². The molecule has 0 spiro atoms. The molecule has 1 rings (SSSR count). The summed E-state index contributed by atoms with van der Waals surface area (Å²) >= 11 is 0. The molecule has 0 amide bonds. The molecule has 0 fully saturated rings. The van der Waals surface area contributed by atoms with Gasteiger partial charge < -0.3 is 10.2 Å². The minimum Gasteiger partial charge on any atom is -0.370 e. The maximum atomic E-state index is 4.52. The average molecular weight is 193 g/mol. The second kappa shape index (κ2) is 5.47. The third kappa shape index (κ3) is 2.62. The smallest absolute Gasteiger partial charge is 0.130 e. The average Bonchev–Trinajstić information content (AvgIpc) is 2.21. The van der Waals surface area contributed by atoms with Gasteiger partial charge in [0.25, 0.3) is 0 Å². The Kier molecular flexibility index (Phi) is 4.23. The van der Waals surface area contributed by atoms with Gasteiger partial charge in [-0.15, -0.1) is 0 Å². The van der Waals surface area contributed by atoms with E-state index in [1.54, 1.807) is 0 Å². The number of anilines is 2. The van der Waals surface area contributed by atoms with Crippen molar-refractivity contribution in [2.24, 2.45) is 0 Å². The molecule has 3 heteroatoms. The van der Waals surface area contributed by atoms with Crippen molar-refractivity contribution < 1.29 is 0 Å². The van der Waals surface area contributed by atoms with Gasteiger partial charge in [0.1, 0.15) is 11.6 Å². The number of nitrogens with zero attached hydrogens (tertiary/aromatic N) is 2. The van der Waals surface area contributed by atoms with Crippen LogP contribution in [0, 0.1) is 0 Å². The maximum Gasteiger partial charge on any atom is 0.130 e. The van der Waals surface area contributed by atoms with Crippen LogP contribution in [0.3, 0.4) is 0 Å². The summed E-state index contributed by atoms with van der Waals surface area (Å²) < 4.78 is 0. The SMILES string of the molecule is CCNc1cccc(N(CC)CC)n1. The quantitative estimate of drug-likeness (QED) is 0.778. The molecule has 1 heterocycles. The van der Waals surface area contributed by atoms with Crippen molar-refractivity contribution in [2.45, 2.75) is 20.8 Å². The van der Waals surface area contributed by atoms with Crippen LogP contribution in [0.5, 0.6) is 0 Å². The number of hydrogen-bond acceptors (Lipinski definition) is 3. The number of nitrogens with one attached hydrogen (secondary N) is 1. The van der Waals surface area contributed by atoms with E-state index in [-0.39, 0.29) is 0 Å². The van der Waals surface area contributed by atoms with Crippen molar-refractivity contribution in [2.75, 3.05) is 29.9 Å². The van der Waals surface area contributed by atoms with E-state index in [2.05, 4.69) is 36.0 Å². The van der Waals surface area contributed by atoms with Gasteiger partial charge in [-0.25, -0.2) is 4.98 Å². The van der Waals surface area contributed by atoms with Crippen LogP contribution in [0.25, 0.3) is 0 Å². The van der Waals surface area contributed by atoms with Crippen molar-refractivity contribution >= 4 is 11.6 Å². The lowest BCUT2D eigenvalue weighted by molar-refractivity contribution is 0.846. The van der Waals surface area contributed by atoms with Gasteiger partial charge >= 0.3 is 0 Å². The first-order chi connectivity index (χ1) is 6.81. The first-order valence-corrected chi connectivity index (χ1v) is 5.27. The molecule has 0 aliphatic carbocycles. The van der Waals surface area contributed by atoms with Gasteiger partial charge in [-0.05, 0) is 32.9 Å². The molecule has 1 N–H and O–H groups in total. The molecule has 0 aliphatic heterocycles. The first-order valence-electron chi connectivity index (χ1n) is 5.27. The molecular weight excluding hydrogens is 174 g/mol. The summed E-state index contributed by atoms with van der Waals surface area (Å²) in [4.78, 5) is 6.76. The fourth-order valence-electron chi connectivity index (χ4n) is 1.43. The highest BCUT2D eigenvalue weighted by Crippen LogP contribution is 2.13. The summed E-state index contributed by atoms with van der Waals surface area (Å²) in [5.74, 6) is 2.00. The lowest BCUT2D eigenvalue weighted by Crippen LogP contribution is -2.23. The highest BCUT2D eigenvalue weighted by atomic mass is 15.2. The van der Waals surface area contributed by atoms with E-state index in [0.29, 0.717) is 0 Å². The third-order valence-corrected chi connectivity index (χ3v) is 2.18. The molecule has 3 nitrogen and oxygen atoms in total. The maximum absolute atomic E-state index is 4.52. The highest BCUT2D eigenvalue weighted by Gasteiger charge is 2.02. The van der Waals surface area contributed by atoms with Gasteiger partial charge in [-0.3, -0.25) is 0 Å². The van der Waals surface area contributed by atoms with Crippen LogP contribution in [0.2, 0.25) is 0 Å². The summed E-state index contributed by atoms with van der Waals surface area (Å²) in [5, 5.41) is 3.21. The Balaban J connectivity index is 2.81. The Labute approximate surface area is 86.2 Å². The van der Waals surface area contributed by atoms with E-state index in [9.17, 15) is 0 Å². The highest BCUT2D eigenvalue weighted by molar-refractivity contribution is 5.46. The zero-order valence-electron chi connectivity index (χ0n) is 9.25. The van der Waals surface area contributed by atoms with Gasteiger partial charge in [0.15, 0.2) is 0 Å². The van der Waals surface area contributed by atoms with Crippen LogP contribution in [-0.4, -0.2) is 24.6 Å². The fraction of sp³-hybridized carbons (Fsp3) is 0.545. The summed E-state index contributed by atoms with van der Waals surface area (Å²) in [6.07, 6.45) is 0. The first kappa shape index (κ1) is 10.8. The molecule has 0 atom stereocenters. The number of hydrogen-bond donors (Lipinski definition) is 1. The molecule has 0 unspecified atom stereocenters. The molecule has 0 bridgehead atoms. The Morgan fingerprint density at radius 1 is 1.21 bits per heavy atom. The number of pyridine rings is 1. The van der Waals surface area contributed by atoms with E-state index < -0.39 is 0 Å². The van der Waals surface area contributed by atoms with E-state index >= 15 is 0 Å². The Morgan fingerprint density at radius 3 is 2.50 bits per heavy atom. The van der Waals surface area contributed by atoms with Gasteiger partial charge in [-0.2, -0.15) is 0 Å². The molecule has 0 saturated carbocycles. The van der Waals surface area contributed by atoms with Crippen molar-refractivity contribution in [3.8, 4) is 0 Å². The van der Waals surface area contributed by atoms with Gasteiger partial charge in [-0.1, -0.05) is 6.07 Å². The predicted octanol–water partition coefficient (Wildman–Crippen LogP) is 2.36. The van der Waals surface area contributed by atoms with Crippen LogP contribution in [0.15, 0.2) is 18.2 Å². The summed E-state index contributed by atoms with van der Waals surface area (Å²) in [6, 6.07) is 6.09. The Morgan fingerprint density at radius 2 is 1.93 bits per heavy atom. The third-order valence-electron chi connectivity index (χ3n) is 2.18. The van der Waals surface area contributed by atoms with E-state index in [0.717, 1.165) is 31.3 Å². The lowest BCUT2D eigenvalue weighted by atomic mass is 10.4. The Hall–Kier alpha value is -1.25. The minimum atomic E-state index is 0.911. The minimum absolute atomic E-state index is 0.911. The molecule has 14 heavy (non-hydrogen) atoms. The van der Waals surface area contributed by atoms with Crippen LogP contribution in [0.1, 0.15) is 20.8 Å². The van der Waals surface area contributed by atoms with Crippen molar-refractivity contribution in [1.82, 2.24) is 4.98 Å². The van der Waals surface area contributed by atoms with Crippen LogP contribution < -0.4 is 10.2 Å². The second-order valence-corrected chi connectivity index (χ2v) is 3.08. The molecule has 0 aromatic carbocycles. The standard InChI is InChI=1S/C11H19N3/c1-4-12-10-8-7-9-11(13-10)14(5-2)6-3/h7-9H,4-6H2,1-3H3,(H,12,13). The number of aromatic nitrogens is 1. The van der Waals surface area contributed by atoms with Gasteiger partial charge in [0, 0.05) is 19.6 Å². The van der Waals surface area contributed by atoms with E-state index in [4.69, 9.17) is 0 Å². The van der Waals surface area contributed by atoms with Crippen LogP contribution in [-0.2, 0) is 0 Å². The summed E-state index contributed by atoms with van der Waals surface area (Å²) in [7, 11) is 0. The largest absolute Gasteiger partial charge is 0.370 e. The normalized spacial score (nSPS) is 9.93. The number of rotatable bonds is 5. The molecule has 0 aliphatic rings. The van der Waals surface area contributed by atoms with Crippen molar-refractivity contribution in [3.05, 3.63) is 18.2 Å². The van der Waals surface area contributed by atoms with Crippen molar-refractivity contribution in [3.63, 3.8) is 0 Å².